The van der Waals surface area contributed by atoms with Crippen LogP contribution in [0.2, 0.25) is 0 Å². The maximum Gasteiger partial charge on any atom is 0.229 e. The average molecular weight is 435 g/mol. The molecule has 0 spiro atoms. The lowest BCUT2D eigenvalue weighted by Crippen LogP contribution is -2.10. The molecule has 2 aromatic carbocycles. The Morgan fingerprint density at radius 1 is 1.00 bits per heavy atom. The molecule has 2 heterocycles. The number of hydrogen-bond donors (Lipinski definition) is 1. The number of benzene rings is 1. The molecule has 0 bridgehead atoms. The maximum atomic E-state index is 13.4. The van der Waals surface area contributed by atoms with Crippen LogP contribution in [0.3, 0.4) is 0 Å². The average Bonchev–Trinajstić information content (AvgIpc) is 3.40. The number of aromatic nitrogens is 3. The van der Waals surface area contributed by atoms with Gasteiger partial charge in [-0.05, 0) is 42.5 Å². The van der Waals surface area contributed by atoms with Gasteiger partial charge in [0.05, 0.1) is 24.0 Å². The van der Waals surface area contributed by atoms with Crippen molar-refractivity contribution in [3.63, 3.8) is 0 Å². The Morgan fingerprint density at radius 2 is 1.77 bits per heavy atom. The van der Waals surface area contributed by atoms with Crippen LogP contribution >= 0.6 is 0 Å². The summed E-state index contributed by atoms with van der Waals surface area (Å²) in [7, 11) is -3.44. The summed E-state index contributed by atoms with van der Waals surface area (Å²) in [5.41, 5.74) is 2.51. The highest BCUT2D eigenvalue weighted by Gasteiger charge is 2.18. The highest BCUT2D eigenvalue weighted by atomic mass is 32.2. The van der Waals surface area contributed by atoms with Crippen LogP contribution < -0.4 is 10.2 Å². The first-order valence-electron chi connectivity index (χ1n) is 10.3. The lowest BCUT2D eigenvalue weighted by atomic mass is 10.1. The van der Waals surface area contributed by atoms with Crippen molar-refractivity contribution >= 4 is 37.4 Å². The first-order valence-corrected chi connectivity index (χ1v) is 12.2. The van der Waals surface area contributed by atoms with Gasteiger partial charge in [-0.2, -0.15) is 5.10 Å². The lowest BCUT2D eigenvalue weighted by molar-refractivity contribution is 0.467. The van der Waals surface area contributed by atoms with E-state index in [9.17, 15) is 13.2 Å². The highest BCUT2D eigenvalue weighted by Crippen LogP contribution is 2.30. The van der Waals surface area contributed by atoms with Crippen LogP contribution in [0.1, 0.15) is 31.7 Å². The quantitative estimate of drug-likeness (QED) is 0.522. The van der Waals surface area contributed by atoms with E-state index in [1.807, 2.05) is 35.3 Å². The van der Waals surface area contributed by atoms with Crippen LogP contribution in [0.15, 0.2) is 59.8 Å². The molecule has 1 N–H and O–H groups in total. The molecule has 0 atom stereocenters. The summed E-state index contributed by atoms with van der Waals surface area (Å²) in [5.74, 6) is 0. The Bertz CT molecular complexity index is 1470. The minimum absolute atomic E-state index is 0.190. The Kier molecular flexibility index (Phi) is 4.74. The topological polar surface area (TPSA) is 93.9 Å². The first kappa shape index (κ1) is 19.7. The Hall–Kier alpha value is -3.26. The predicted octanol–water partition coefficient (Wildman–Crippen LogP) is 4.10. The molecule has 0 aliphatic heterocycles. The van der Waals surface area contributed by atoms with Gasteiger partial charge in [-0.25, -0.2) is 8.42 Å². The zero-order chi connectivity index (χ0) is 21.6. The molecule has 1 fully saturated rings. The SMILES string of the molecule is CS(=O)(=O)Nc1ccc2ccc3ncc(-c4cnn(C5CCCC5)c4)cc3c(=O)c2c1. The number of rotatable bonds is 4. The molecule has 0 saturated heterocycles. The summed E-state index contributed by atoms with van der Waals surface area (Å²) in [6, 6.07) is 10.9. The Morgan fingerprint density at radius 3 is 2.55 bits per heavy atom. The van der Waals surface area contributed by atoms with Gasteiger partial charge >= 0.3 is 0 Å². The summed E-state index contributed by atoms with van der Waals surface area (Å²) in [4.78, 5) is 17.9. The third kappa shape index (κ3) is 3.90. The van der Waals surface area contributed by atoms with Crippen LogP contribution in [0.4, 0.5) is 5.69 Å². The van der Waals surface area contributed by atoms with E-state index in [-0.39, 0.29) is 5.43 Å². The largest absolute Gasteiger partial charge is 0.289 e. The van der Waals surface area contributed by atoms with E-state index >= 15 is 0 Å². The monoisotopic (exact) mass is 434 g/mol. The van der Waals surface area contributed by atoms with E-state index in [4.69, 9.17) is 0 Å². The molecule has 5 rings (SSSR count). The molecule has 2 aromatic heterocycles. The van der Waals surface area contributed by atoms with Crippen molar-refractivity contribution in [1.82, 2.24) is 14.8 Å². The zero-order valence-electron chi connectivity index (χ0n) is 17.1. The van der Waals surface area contributed by atoms with E-state index in [0.29, 0.717) is 28.0 Å². The predicted molar refractivity (Wildman–Crippen MR) is 123 cm³/mol. The van der Waals surface area contributed by atoms with Crippen molar-refractivity contribution in [2.75, 3.05) is 11.0 Å². The normalized spacial score (nSPS) is 15.0. The van der Waals surface area contributed by atoms with Gasteiger partial charge in [-0.15, -0.1) is 0 Å². The van der Waals surface area contributed by atoms with Crippen molar-refractivity contribution in [2.45, 2.75) is 31.7 Å². The molecule has 158 valence electrons. The molecule has 8 heteroatoms. The van der Waals surface area contributed by atoms with Crippen molar-refractivity contribution in [2.24, 2.45) is 0 Å². The van der Waals surface area contributed by atoms with Crippen LogP contribution in [-0.2, 0) is 10.0 Å². The van der Waals surface area contributed by atoms with Crippen LogP contribution in [0.25, 0.3) is 32.8 Å². The fourth-order valence-corrected chi connectivity index (χ4v) is 4.85. The molecule has 1 saturated carbocycles. The molecular formula is C23H22N4O3S. The number of fused-ring (bicyclic) bond motifs is 2. The zero-order valence-corrected chi connectivity index (χ0v) is 17.9. The number of hydrogen-bond acceptors (Lipinski definition) is 5. The summed E-state index contributed by atoms with van der Waals surface area (Å²) in [6.45, 7) is 0. The maximum absolute atomic E-state index is 13.4. The number of nitrogens with one attached hydrogen (secondary N) is 1. The van der Waals surface area contributed by atoms with Gasteiger partial charge < -0.3 is 0 Å². The Balaban J connectivity index is 1.64. The Labute approximate surface area is 179 Å². The van der Waals surface area contributed by atoms with Crippen molar-refractivity contribution < 1.29 is 8.42 Å². The van der Waals surface area contributed by atoms with Gasteiger partial charge in [0, 0.05) is 40.0 Å². The fourth-order valence-electron chi connectivity index (χ4n) is 4.29. The molecule has 0 radical (unpaired) electrons. The highest BCUT2D eigenvalue weighted by molar-refractivity contribution is 7.92. The minimum Gasteiger partial charge on any atom is -0.289 e. The first-order chi connectivity index (χ1) is 14.9. The number of anilines is 1. The number of sulfonamides is 1. The number of pyridine rings is 1. The molecule has 0 amide bonds. The van der Waals surface area contributed by atoms with Gasteiger partial charge in [0.15, 0.2) is 5.43 Å². The smallest absolute Gasteiger partial charge is 0.229 e. The summed E-state index contributed by atoms with van der Waals surface area (Å²) in [6.07, 6.45) is 11.4. The summed E-state index contributed by atoms with van der Waals surface area (Å²) in [5, 5.41) is 6.17. The van der Waals surface area contributed by atoms with Gasteiger partial charge in [0.25, 0.3) is 0 Å². The molecule has 1 aliphatic rings. The van der Waals surface area contributed by atoms with E-state index < -0.39 is 10.0 Å². The lowest BCUT2D eigenvalue weighted by Gasteiger charge is -2.08. The molecular weight excluding hydrogens is 412 g/mol. The van der Waals surface area contributed by atoms with Gasteiger partial charge in [-0.3, -0.25) is 19.2 Å². The number of nitrogens with zero attached hydrogens (tertiary/aromatic N) is 3. The second-order valence-corrected chi connectivity index (χ2v) is 9.89. The molecule has 4 aromatic rings. The minimum atomic E-state index is -3.44. The fraction of sp³-hybridized carbons (Fsp3) is 0.261. The third-order valence-electron chi connectivity index (χ3n) is 5.82. The van der Waals surface area contributed by atoms with Gasteiger partial charge in [-0.1, -0.05) is 25.0 Å². The van der Waals surface area contributed by atoms with Gasteiger partial charge in [0.1, 0.15) is 0 Å². The van der Waals surface area contributed by atoms with E-state index in [1.165, 1.54) is 12.8 Å². The molecule has 1 aliphatic carbocycles. The second-order valence-electron chi connectivity index (χ2n) is 8.14. The van der Waals surface area contributed by atoms with Crippen molar-refractivity contribution in [3.8, 4) is 11.1 Å². The molecule has 0 unspecified atom stereocenters. The van der Waals surface area contributed by atoms with E-state index in [1.54, 1.807) is 24.4 Å². The van der Waals surface area contributed by atoms with E-state index in [2.05, 4.69) is 14.8 Å². The second kappa shape index (κ2) is 7.46. The van der Waals surface area contributed by atoms with Crippen LogP contribution in [0, 0.1) is 0 Å². The van der Waals surface area contributed by atoms with Gasteiger partial charge in [0.2, 0.25) is 10.0 Å². The summed E-state index contributed by atoms with van der Waals surface area (Å²) >= 11 is 0. The van der Waals surface area contributed by atoms with E-state index in [0.717, 1.165) is 35.6 Å². The molecule has 31 heavy (non-hydrogen) atoms. The summed E-state index contributed by atoms with van der Waals surface area (Å²) < 4.78 is 27.6. The van der Waals surface area contributed by atoms with Crippen LogP contribution in [-0.4, -0.2) is 29.4 Å². The van der Waals surface area contributed by atoms with Crippen molar-refractivity contribution in [3.05, 3.63) is 65.2 Å². The third-order valence-corrected chi connectivity index (χ3v) is 6.43. The molecule has 7 nitrogen and oxygen atoms in total. The standard InChI is InChI=1S/C23H22N4O3S/c1-31(29,30)26-18-8-6-15-7-9-22-21(23(28)20(15)11-18)10-16(12-24-22)17-13-25-27(14-17)19-4-2-3-5-19/h6-14,19,26H,2-5H2,1H3. The van der Waals surface area contributed by atoms with Crippen molar-refractivity contribution in [1.29, 1.82) is 0 Å². The van der Waals surface area contributed by atoms with Crippen LogP contribution in [0.5, 0.6) is 0 Å².